The number of nitrogens with two attached hydrogens (primary N) is 1. The summed E-state index contributed by atoms with van der Waals surface area (Å²) in [5, 5.41) is -0.550. The fraction of sp³-hybridized carbons (Fsp3) is 0. The Morgan fingerprint density at radius 3 is 2.55 bits per heavy atom. The van der Waals surface area contributed by atoms with E-state index in [-0.39, 0.29) is 10.2 Å². The third-order valence-electron chi connectivity index (χ3n) is 1.13. The van der Waals surface area contributed by atoms with E-state index >= 15 is 0 Å². The maximum atomic E-state index is 12.8. The van der Waals surface area contributed by atoms with Gasteiger partial charge in [-0.2, -0.15) is 0 Å². The van der Waals surface area contributed by atoms with Crippen LogP contribution in [-0.4, -0.2) is 0 Å². The third-order valence-corrected chi connectivity index (χ3v) is 2.28. The molecule has 0 aliphatic heterocycles. The van der Waals surface area contributed by atoms with Crippen LogP contribution in [0.15, 0.2) is 10.5 Å². The summed E-state index contributed by atoms with van der Waals surface area (Å²) in [6.07, 6.45) is 0. The van der Waals surface area contributed by atoms with E-state index < -0.39 is 16.7 Å². The molecule has 0 saturated carbocycles. The molecule has 0 fully saturated rings. The van der Waals surface area contributed by atoms with Gasteiger partial charge in [0.1, 0.15) is 10.8 Å². The van der Waals surface area contributed by atoms with Crippen molar-refractivity contribution in [2.24, 2.45) is 0 Å². The molecule has 0 bridgehead atoms. The number of hydrogen-bond donors (Lipinski definition) is 1. The van der Waals surface area contributed by atoms with E-state index in [0.29, 0.717) is 0 Å². The molecule has 1 aromatic rings. The molecular weight excluding hydrogens is 239 g/mol. The zero-order chi connectivity index (χ0) is 8.59. The molecule has 0 radical (unpaired) electrons. The van der Waals surface area contributed by atoms with Crippen molar-refractivity contribution in [1.29, 1.82) is 0 Å². The van der Waals surface area contributed by atoms with Crippen LogP contribution in [0.3, 0.4) is 0 Å². The van der Waals surface area contributed by atoms with E-state index in [1.807, 2.05) is 0 Å². The molecule has 0 aliphatic rings. The van der Waals surface area contributed by atoms with Crippen LogP contribution in [-0.2, 0) is 0 Å². The SMILES string of the molecule is Nc1cc(F)c(Cl)c(F)c1Br. The summed E-state index contributed by atoms with van der Waals surface area (Å²) in [4.78, 5) is 0. The Morgan fingerprint density at radius 1 is 1.45 bits per heavy atom. The quantitative estimate of drug-likeness (QED) is 0.422. The minimum absolute atomic E-state index is 0.00981. The molecule has 1 aromatic carbocycles. The lowest BCUT2D eigenvalue weighted by molar-refractivity contribution is 0.581. The Hall–Kier alpha value is -0.350. The van der Waals surface area contributed by atoms with Crippen molar-refractivity contribution < 1.29 is 8.78 Å². The Morgan fingerprint density at radius 2 is 2.00 bits per heavy atom. The molecule has 1 rings (SSSR count). The van der Waals surface area contributed by atoms with Gasteiger partial charge in [-0.1, -0.05) is 11.6 Å². The molecule has 0 atom stereocenters. The Kier molecular flexibility index (Phi) is 2.34. The smallest absolute Gasteiger partial charge is 0.161 e. The standard InChI is InChI=1S/C6H3BrClF2N/c7-4-3(11)1-2(9)5(8)6(4)10/h1H,11H2. The second-order valence-corrected chi connectivity index (χ2v) is 3.06. The highest BCUT2D eigenvalue weighted by molar-refractivity contribution is 9.10. The number of benzene rings is 1. The van der Waals surface area contributed by atoms with Gasteiger partial charge >= 0.3 is 0 Å². The van der Waals surface area contributed by atoms with Gasteiger partial charge in [0, 0.05) is 0 Å². The van der Waals surface area contributed by atoms with Crippen LogP contribution in [0.2, 0.25) is 5.02 Å². The lowest BCUT2D eigenvalue weighted by Gasteiger charge is -2.01. The lowest BCUT2D eigenvalue weighted by atomic mass is 10.3. The first-order chi connectivity index (χ1) is 5.04. The first-order valence-corrected chi connectivity index (χ1v) is 3.79. The Balaban J connectivity index is 3.46. The van der Waals surface area contributed by atoms with Gasteiger partial charge in [-0.3, -0.25) is 0 Å². The van der Waals surface area contributed by atoms with Crippen molar-refractivity contribution in [3.05, 3.63) is 27.2 Å². The molecule has 0 amide bonds. The summed E-state index contributed by atoms with van der Waals surface area (Å²) in [5.74, 6) is -1.73. The lowest BCUT2D eigenvalue weighted by Crippen LogP contribution is -1.93. The minimum atomic E-state index is -0.871. The first kappa shape index (κ1) is 8.74. The van der Waals surface area contributed by atoms with Crippen molar-refractivity contribution in [1.82, 2.24) is 0 Å². The van der Waals surface area contributed by atoms with Crippen LogP contribution in [0.1, 0.15) is 0 Å². The molecule has 0 heterocycles. The van der Waals surface area contributed by atoms with Crippen molar-refractivity contribution in [3.8, 4) is 0 Å². The van der Waals surface area contributed by atoms with E-state index in [1.54, 1.807) is 0 Å². The molecule has 1 nitrogen and oxygen atoms in total. The number of hydrogen-bond acceptors (Lipinski definition) is 1. The summed E-state index contributed by atoms with van der Waals surface area (Å²) in [6, 6.07) is 0.954. The maximum absolute atomic E-state index is 12.8. The van der Waals surface area contributed by atoms with Crippen molar-refractivity contribution in [3.63, 3.8) is 0 Å². The van der Waals surface area contributed by atoms with Crippen LogP contribution in [0.5, 0.6) is 0 Å². The van der Waals surface area contributed by atoms with Crippen molar-refractivity contribution in [2.45, 2.75) is 0 Å². The van der Waals surface area contributed by atoms with Crippen molar-refractivity contribution >= 4 is 33.2 Å². The molecule has 11 heavy (non-hydrogen) atoms. The number of nitrogen functional groups attached to an aromatic ring is 1. The van der Waals surface area contributed by atoms with Gasteiger partial charge in [0.25, 0.3) is 0 Å². The summed E-state index contributed by atoms with van der Waals surface area (Å²) in [6.45, 7) is 0. The summed E-state index contributed by atoms with van der Waals surface area (Å²) in [7, 11) is 0. The van der Waals surface area contributed by atoms with Gasteiger partial charge in [-0.05, 0) is 22.0 Å². The summed E-state index contributed by atoms with van der Waals surface area (Å²) in [5.41, 5.74) is 5.20. The van der Waals surface area contributed by atoms with Gasteiger partial charge in [0.2, 0.25) is 0 Å². The van der Waals surface area contributed by atoms with Gasteiger partial charge < -0.3 is 5.73 Å². The summed E-state index contributed by atoms with van der Waals surface area (Å²) >= 11 is 8.03. The predicted octanol–water partition coefficient (Wildman–Crippen LogP) is 2.96. The van der Waals surface area contributed by atoms with Crippen LogP contribution in [0.4, 0.5) is 14.5 Å². The highest BCUT2D eigenvalue weighted by atomic mass is 79.9. The number of rotatable bonds is 0. The molecule has 5 heteroatoms. The van der Waals surface area contributed by atoms with Crippen LogP contribution >= 0.6 is 27.5 Å². The van der Waals surface area contributed by atoms with Crippen LogP contribution in [0, 0.1) is 11.6 Å². The highest BCUT2D eigenvalue weighted by Gasteiger charge is 2.12. The van der Waals surface area contributed by atoms with Gasteiger partial charge in [-0.15, -0.1) is 0 Å². The highest BCUT2D eigenvalue weighted by Crippen LogP contribution is 2.30. The Bertz CT molecular complexity index is 277. The zero-order valence-corrected chi connectivity index (χ0v) is 7.51. The fourth-order valence-electron chi connectivity index (χ4n) is 0.591. The van der Waals surface area contributed by atoms with Gasteiger partial charge in [0.05, 0.1) is 10.2 Å². The van der Waals surface area contributed by atoms with E-state index in [0.717, 1.165) is 6.07 Å². The third kappa shape index (κ3) is 1.46. The normalized spacial score (nSPS) is 10.2. The van der Waals surface area contributed by atoms with E-state index in [9.17, 15) is 8.78 Å². The number of halogens is 4. The Labute approximate surface area is 75.3 Å². The second-order valence-electron chi connectivity index (χ2n) is 1.89. The predicted molar refractivity (Wildman–Crippen MR) is 43.5 cm³/mol. The monoisotopic (exact) mass is 241 g/mol. The molecule has 60 valence electrons. The van der Waals surface area contributed by atoms with Gasteiger partial charge in [0.15, 0.2) is 5.82 Å². The largest absolute Gasteiger partial charge is 0.398 e. The molecule has 0 spiro atoms. The van der Waals surface area contributed by atoms with E-state index in [2.05, 4.69) is 15.9 Å². The first-order valence-electron chi connectivity index (χ1n) is 2.62. The molecule has 0 aliphatic carbocycles. The number of anilines is 1. The van der Waals surface area contributed by atoms with E-state index in [4.69, 9.17) is 17.3 Å². The molecule has 0 aromatic heterocycles. The average Bonchev–Trinajstić information content (AvgIpc) is 1.97. The van der Waals surface area contributed by atoms with Crippen LogP contribution in [0.25, 0.3) is 0 Å². The van der Waals surface area contributed by atoms with Crippen molar-refractivity contribution in [2.75, 3.05) is 5.73 Å². The van der Waals surface area contributed by atoms with Crippen LogP contribution < -0.4 is 5.73 Å². The topological polar surface area (TPSA) is 26.0 Å². The fourth-order valence-corrected chi connectivity index (χ4v) is 1.17. The molecule has 0 unspecified atom stereocenters. The summed E-state index contributed by atoms with van der Waals surface area (Å²) < 4.78 is 25.3. The zero-order valence-electron chi connectivity index (χ0n) is 5.17. The molecule has 0 saturated heterocycles. The minimum Gasteiger partial charge on any atom is -0.398 e. The second kappa shape index (κ2) is 2.95. The molecular formula is C6H3BrClF2N. The molecule has 2 N–H and O–H groups in total. The average molecular weight is 242 g/mol. The maximum Gasteiger partial charge on any atom is 0.161 e. The van der Waals surface area contributed by atoms with Gasteiger partial charge in [-0.25, -0.2) is 8.78 Å². The van der Waals surface area contributed by atoms with E-state index in [1.165, 1.54) is 0 Å².